The lowest BCUT2D eigenvalue weighted by atomic mass is 9.88. The fraction of sp³-hybridized carbons (Fsp3) is 0.500. The van der Waals surface area contributed by atoms with Gasteiger partial charge in [-0.2, -0.15) is 0 Å². The van der Waals surface area contributed by atoms with Crippen LogP contribution in [0.1, 0.15) is 32.3 Å². The standard InChI is InChI=1S/C16H20N2O2/c1-15(8-9-15)11-18-10-13(19)17-16(2,14(18)20)12-6-4-3-5-7-12/h3-7H,8-11H2,1-2H3,(H,17,19). The van der Waals surface area contributed by atoms with E-state index in [9.17, 15) is 9.59 Å². The molecular weight excluding hydrogens is 252 g/mol. The van der Waals surface area contributed by atoms with Crippen molar-refractivity contribution in [1.29, 1.82) is 0 Å². The van der Waals surface area contributed by atoms with Crippen molar-refractivity contribution in [2.24, 2.45) is 5.41 Å². The van der Waals surface area contributed by atoms with Gasteiger partial charge in [-0.3, -0.25) is 9.59 Å². The van der Waals surface area contributed by atoms with Gasteiger partial charge in [-0.1, -0.05) is 37.3 Å². The monoisotopic (exact) mass is 272 g/mol. The summed E-state index contributed by atoms with van der Waals surface area (Å²) in [5, 5.41) is 2.86. The van der Waals surface area contributed by atoms with E-state index in [1.165, 1.54) is 0 Å². The van der Waals surface area contributed by atoms with Gasteiger partial charge in [-0.05, 0) is 30.7 Å². The minimum Gasteiger partial charge on any atom is -0.337 e. The highest BCUT2D eigenvalue weighted by atomic mass is 16.2. The van der Waals surface area contributed by atoms with Gasteiger partial charge in [-0.15, -0.1) is 0 Å². The van der Waals surface area contributed by atoms with Gasteiger partial charge in [0, 0.05) is 6.54 Å². The SMILES string of the molecule is CC1(CN2CC(=O)NC(C)(c3ccccc3)C2=O)CC1. The third-order valence-corrected chi connectivity index (χ3v) is 4.47. The van der Waals surface area contributed by atoms with E-state index in [1.807, 2.05) is 30.3 Å². The molecule has 1 N–H and O–H groups in total. The van der Waals surface area contributed by atoms with Crippen molar-refractivity contribution in [1.82, 2.24) is 10.2 Å². The van der Waals surface area contributed by atoms with Crippen molar-refractivity contribution in [2.45, 2.75) is 32.2 Å². The summed E-state index contributed by atoms with van der Waals surface area (Å²) in [6, 6.07) is 9.47. The van der Waals surface area contributed by atoms with Crippen LogP contribution in [0.15, 0.2) is 30.3 Å². The van der Waals surface area contributed by atoms with Crippen molar-refractivity contribution in [3.63, 3.8) is 0 Å². The fourth-order valence-electron chi connectivity index (χ4n) is 2.86. The largest absolute Gasteiger partial charge is 0.337 e. The average Bonchev–Trinajstić information content (AvgIpc) is 3.14. The Hall–Kier alpha value is -1.84. The van der Waals surface area contributed by atoms with Crippen molar-refractivity contribution in [3.8, 4) is 0 Å². The fourth-order valence-corrected chi connectivity index (χ4v) is 2.86. The second-order valence-electron chi connectivity index (χ2n) is 6.51. The van der Waals surface area contributed by atoms with Crippen LogP contribution in [0.3, 0.4) is 0 Å². The second kappa shape index (κ2) is 4.33. The van der Waals surface area contributed by atoms with Crippen LogP contribution < -0.4 is 5.32 Å². The molecule has 4 nitrogen and oxygen atoms in total. The minimum atomic E-state index is -0.943. The molecule has 1 aromatic carbocycles. The predicted molar refractivity (Wildman–Crippen MR) is 75.9 cm³/mol. The lowest BCUT2D eigenvalue weighted by Crippen LogP contribution is -2.63. The number of nitrogens with zero attached hydrogens (tertiary/aromatic N) is 1. The normalized spacial score (nSPS) is 28.2. The highest BCUT2D eigenvalue weighted by molar-refractivity contribution is 5.98. The topological polar surface area (TPSA) is 49.4 Å². The van der Waals surface area contributed by atoms with Crippen molar-refractivity contribution in [3.05, 3.63) is 35.9 Å². The molecule has 4 heteroatoms. The van der Waals surface area contributed by atoms with Crippen LogP contribution in [0.2, 0.25) is 0 Å². The lowest BCUT2D eigenvalue weighted by molar-refractivity contribution is -0.150. The Morgan fingerprint density at radius 2 is 1.80 bits per heavy atom. The van der Waals surface area contributed by atoms with E-state index >= 15 is 0 Å². The first-order chi connectivity index (χ1) is 9.43. The van der Waals surface area contributed by atoms with Crippen LogP contribution in [-0.2, 0) is 15.1 Å². The number of piperazine rings is 1. The number of carbonyl (C=O) groups is 2. The van der Waals surface area contributed by atoms with Gasteiger partial charge < -0.3 is 10.2 Å². The van der Waals surface area contributed by atoms with Gasteiger partial charge >= 0.3 is 0 Å². The molecule has 0 radical (unpaired) electrons. The van der Waals surface area contributed by atoms with E-state index in [1.54, 1.807) is 11.8 Å². The second-order valence-corrected chi connectivity index (χ2v) is 6.51. The van der Waals surface area contributed by atoms with Crippen molar-refractivity contribution in [2.75, 3.05) is 13.1 Å². The quantitative estimate of drug-likeness (QED) is 0.909. The molecular formula is C16H20N2O2. The van der Waals surface area contributed by atoms with Gasteiger partial charge in [0.15, 0.2) is 0 Å². The minimum absolute atomic E-state index is 0.00331. The van der Waals surface area contributed by atoms with Crippen LogP contribution in [0, 0.1) is 5.41 Å². The van der Waals surface area contributed by atoms with Gasteiger partial charge in [-0.25, -0.2) is 0 Å². The number of hydrogen-bond acceptors (Lipinski definition) is 2. The Kier molecular flexibility index (Phi) is 2.85. The molecule has 1 aromatic rings. The maximum atomic E-state index is 12.8. The van der Waals surface area contributed by atoms with Crippen LogP contribution >= 0.6 is 0 Å². The summed E-state index contributed by atoms with van der Waals surface area (Å²) in [6.45, 7) is 4.83. The van der Waals surface area contributed by atoms with Gasteiger partial charge in [0.1, 0.15) is 5.54 Å². The van der Waals surface area contributed by atoms with E-state index in [0.717, 1.165) is 18.4 Å². The predicted octanol–water partition coefficient (Wildman–Crippen LogP) is 1.66. The van der Waals surface area contributed by atoms with Crippen LogP contribution in [0.5, 0.6) is 0 Å². The molecule has 1 saturated heterocycles. The average molecular weight is 272 g/mol. The number of amides is 2. The summed E-state index contributed by atoms with van der Waals surface area (Å²) in [7, 11) is 0. The maximum absolute atomic E-state index is 12.8. The number of nitrogens with one attached hydrogen (secondary N) is 1. The van der Waals surface area contributed by atoms with Crippen LogP contribution in [-0.4, -0.2) is 29.8 Å². The van der Waals surface area contributed by atoms with Crippen LogP contribution in [0.25, 0.3) is 0 Å². The van der Waals surface area contributed by atoms with Crippen molar-refractivity contribution < 1.29 is 9.59 Å². The first-order valence-corrected chi connectivity index (χ1v) is 7.09. The third kappa shape index (κ3) is 2.19. The molecule has 1 aliphatic heterocycles. The highest BCUT2D eigenvalue weighted by Gasteiger charge is 2.48. The Labute approximate surface area is 119 Å². The summed E-state index contributed by atoms with van der Waals surface area (Å²) < 4.78 is 0. The van der Waals surface area contributed by atoms with E-state index < -0.39 is 5.54 Å². The number of hydrogen-bond donors (Lipinski definition) is 1. The molecule has 20 heavy (non-hydrogen) atoms. The maximum Gasteiger partial charge on any atom is 0.253 e. The molecule has 0 spiro atoms. The van der Waals surface area contributed by atoms with E-state index in [-0.39, 0.29) is 23.8 Å². The van der Waals surface area contributed by atoms with E-state index in [2.05, 4.69) is 12.2 Å². The molecule has 0 aromatic heterocycles. The number of benzene rings is 1. The van der Waals surface area contributed by atoms with Gasteiger partial charge in [0.2, 0.25) is 5.91 Å². The number of carbonyl (C=O) groups excluding carboxylic acids is 2. The molecule has 1 saturated carbocycles. The van der Waals surface area contributed by atoms with Gasteiger partial charge in [0.25, 0.3) is 5.91 Å². The first-order valence-electron chi connectivity index (χ1n) is 7.09. The zero-order chi connectivity index (χ0) is 14.4. The molecule has 106 valence electrons. The Morgan fingerprint density at radius 3 is 2.40 bits per heavy atom. The number of rotatable bonds is 3. The van der Waals surface area contributed by atoms with E-state index in [4.69, 9.17) is 0 Å². The Balaban J connectivity index is 1.90. The molecule has 1 atom stereocenters. The van der Waals surface area contributed by atoms with Gasteiger partial charge in [0.05, 0.1) is 6.54 Å². The molecule has 2 amide bonds. The summed E-state index contributed by atoms with van der Waals surface area (Å²) in [6.07, 6.45) is 2.28. The molecule has 2 aliphatic rings. The zero-order valence-corrected chi connectivity index (χ0v) is 12.0. The van der Waals surface area contributed by atoms with Crippen LogP contribution in [0.4, 0.5) is 0 Å². The summed E-state index contributed by atoms with van der Waals surface area (Å²) in [5.74, 6) is -0.0865. The summed E-state index contributed by atoms with van der Waals surface area (Å²) in [4.78, 5) is 26.5. The van der Waals surface area contributed by atoms with Crippen molar-refractivity contribution >= 4 is 11.8 Å². The molecule has 1 unspecified atom stereocenters. The molecule has 0 bridgehead atoms. The Morgan fingerprint density at radius 1 is 1.15 bits per heavy atom. The summed E-state index contributed by atoms with van der Waals surface area (Å²) >= 11 is 0. The molecule has 3 rings (SSSR count). The first kappa shape index (κ1) is 13.2. The Bertz CT molecular complexity index is 551. The molecule has 1 aliphatic carbocycles. The molecule has 2 fully saturated rings. The summed E-state index contributed by atoms with van der Waals surface area (Å²) in [5.41, 5.74) is 0.108. The highest BCUT2D eigenvalue weighted by Crippen LogP contribution is 2.46. The van der Waals surface area contributed by atoms with E-state index in [0.29, 0.717) is 6.54 Å². The molecule has 1 heterocycles. The smallest absolute Gasteiger partial charge is 0.253 e. The lowest BCUT2D eigenvalue weighted by Gasteiger charge is -2.41. The third-order valence-electron chi connectivity index (χ3n) is 4.47. The zero-order valence-electron chi connectivity index (χ0n) is 12.0.